The zero-order valence-corrected chi connectivity index (χ0v) is 11.0. The van der Waals surface area contributed by atoms with Gasteiger partial charge in [0, 0.05) is 30.9 Å². The highest BCUT2D eigenvalue weighted by Gasteiger charge is 2.26. The SMILES string of the molecule is CC(C)NCC(c1cccnc1)C1CCCC1. The summed E-state index contributed by atoms with van der Waals surface area (Å²) in [5, 5.41) is 3.59. The third-order valence-electron chi connectivity index (χ3n) is 3.83. The Balaban J connectivity index is 2.06. The van der Waals surface area contributed by atoms with E-state index < -0.39 is 0 Å². The summed E-state index contributed by atoms with van der Waals surface area (Å²) in [4.78, 5) is 4.28. The minimum Gasteiger partial charge on any atom is -0.314 e. The first-order valence-electron chi connectivity index (χ1n) is 6.90. The molecule has 1 aliphatic rings. The lowest BCUT2D eigenvalue weighted by Crippen LogP contribution is -2.30. The van der Waals surface area contributed by atoms with Gasteiger partial charge in [0.05, 0.1) is 0 Å². The first-order valence-corrected chi connectivity index (χ1v) is 6.90. The fraction of sp³-hybridized carbons (Fsp3) is 0.667. The van der Waals surface area contributed by atoms with Crippen molar-refractivity contribution in [3.05, 3.63) is 30.1 Å². The van der Waals surface area contributed by atoms with Gasteiger partial charge in [0.2, 0.25) is 0 Å². The van der Waals surface area contributed by atoms with Crippen LogP contribution in [0.4, 0.5) is 0 Å². The van der Waals surface area contributed by atoms with E-state index in [1.165, 1.54) is 31.2 Å². The molecule has 1 aromatic heterocycles. The fourth-order valence-corrected chi connectivity index (χ4v) is 2.87. The zero-order chi connectivity index (χ0) is 12.1. The largest absolute Gasteiger partial charge is 0.314 e. The standard InChI is InChI=1S/C15H24N2/c1-12(2)17-11-15(13-6-3-4-7-13)14-8-5-9-16-10-14/h5,8-10,12-13,15,17H,3-4,6-7,11H2,1-2H3. The van der Waals surface area contributed by atoms with Gasteiger partial charge >= 0.3 is 0 Å². The monoisotopic (exact) mass is 232 g/mol. The second-order valence-electron chi connectivity index (χ2n) is 5.50. The van der Waals surface area contributed by atoms with Crippen LogP contribution in [-0.2, 0) is 0 Å². The molecule has 0 radical (unpaired) electrons. The van der Waals surface area contributed by atoms with Crippen LogP contribution in [0.2, 0.25) is 0 Å². The minimum atomic E-state index is 0.565. The van der Waals surface area contributed by atoms with Crippen LogP contribution in [0.5, 0.6) is 0 Å². The van der Waals surface area contributed by atoms with Crippen molar-refractivity contribution in [2.45, 2.75) is 51.5 Å². The fourth-order valence-electron chi connectivity index (χ4n) is 2.87. The van der Waals surface area contributed by atoms with Crippen LogP contribution in [-0.4, -0.2) is 17.6 Å². The van der Waals surface area contributed by atoms with Crippen molar-refractivity contribution in [1.29, 1.82) is 0 Å². The number of aromatic nitrogens is 1. The molecule has 0 spiro atoms. The van der Waals surface area contributed by atoms with Gasteiger partial charge in [0.15, 0.2) is 0 Å². The number of hydrogen-bond donors (Lipinski definition) is 1. The maximum absolute atomic E-state index is 4.28. The Hall–Kier alpha value is -0.890. The summed E-state index contributed by atoms with van der Waals surface area (Å²) in [6.45, 7) is 5.53. The zero-order valence-electron chi connectivity index (χ0n) is 11.0. The molecule has 0 amide bonds. The van der Waals surface area contributed by atoms with Crippen molar-refractivity contribution in [3.63, 3.8) is 0 Å². The van der Waals surface area contributed by atoms with Gasteiger partial charge in [-0.1, -0.05) is 32.8 Å². The highest BCUT2D eigenvalue weighted by atomic mass is 14.9. The van der Waals surface area contributed by atoms with Crippen LogP contribution in [0.15, 0.2) is 24.5 Å². The van der Waals surface area contributed by atoms with Crippen LogP contribution in [0, 0.1) is 5.92 Å². The Morgan fingerprint density at radius 2 is 2.12 bits per heavy atom. The van der Waals surface area contributed by atoms with Crippen molar-refractivity contribution in [2.75, 3.05) is 6.54 Å². The quantitative estimate of drug-likeness (QED) is 0.842. The molecule has 1 N–H and O–H groups in total. The van der Waals surface area contributed by atoms with Crippen LogP contribution < -0.4 is 5.32 Å². The normalized spacial score (nSPS) is 18.8. The maximum atomic E-state index is 4.28. The molecule has 1 aliphatic carbocycles. The summed E-state index contributed by atoms with van der Waals surface area (Å²) in [6.07, 6.45) is 9.50. The summed E-state index contributed by atoms with van der Waals surface area (Å²) < 4.78 is 0. The molecule has 2 nitrogen and oxygen atoms in total. The van der Waals surface area contributed by atoms with Crippen LogP contribution in [0.1, 0.15) is 51.0 Å². The van der Waals surface area contributed by atoms with E-state index in [0.29, 0.717) is 12.0 Å². The topological polar surface area (TPSA) is 24.9 Å². The molecule has 1 saturated carbocycles. The summed E-state index contributed by atoms with van der Waals surface area (Å²) in [5.74, 6) is 1.50. The molecule has 2 rings (SSSR count). The van der Waals surface area contributed by atoms with Crippen LogP contribution in [0.3, 0.4) is 0 Å². The van der Waals surface area contributed by atoms with Crippen LogP contribution >= 0.6 is 0 Å². The Labute approximate surface area is 105 Å². The molecule has 1 aromatic rings. The van der Waals surface area contributed by atoms with Crippen molar-refractivity contribution in [2.24, 2.45) is 5.92 Å². The highest BCUT2D eigenvalue weighted by molar-refractivity contribution is 5.16. The molecule has 1 heterocycles. The molecule has 94 valence electrons. The van der Waals surface area contributed by atoms with E-state index in [9.17, 15) is 0 Å². The molecule has 1 fully saturated rings. The van der Waals surface area contributed by atoms with Gasteiger partial charge in [-0.15, -0.1) is 0 Å². The molecular formula is C15H24N2. The molecule has 17 heavy (non-hydrogen) atoms. The lowest BCUT2D eigenvalue weighted by Gasteiger charge is -2.25. The molecule has 1 atom stereocenters. The summed E-state index contributed by atoms with van der Waals surface area (Å²) in [5.41, 5.74) is 1.41. The third kappa shape index (κ3) is 3.53. The Kier molecular flexibility index (Phi) is 4.55. The highest BCUT2D eigenvalue weighted by Crippen LogP contribution is 2.36. The number of rotatable bonds is 5. The van der Waals surface area contributed by atoms with E-state index in [-0.39, 0.29) is 0 Å². The van der Waals surface area contributed by atoms with E-state index >= 15 is 0 Å². The molecular weight excluding hydrogens is 208 g/mol. The van der Waals surface area contributed by atoms with E-state index in [1.54, 1.807) is 0 Å². The Morgan fingerprint density at radius 3 is 2.71 bits per heavy atom. The average molecular weight is 232 g/mol. The summed E-state index contributed by atoms with van der Waals surface area (Å²) in [6, 6.07) is 4.86. The second-order valence-corrected chi connectivity index (χ2v) is 5.50. The van der Waals surface area contributed by atoms with E-state index in [0.717, 1.165) is 12.5 Å². The molecule has 1 unspecified atom stereocenters. The predicted octanol–water partition coefficient (Wildman–Crippen LogP) is 3.35. The second kappa shape index (κ2) is 6.15. The van der Waals surface area contributed by atoms with E-state index in [4.69, 9.17) is 0 Å². The van der Waals surface area contributed by atoms with Gasteiger partial charge in [-0.05, 0) is 30.4 Å². The smallest absolute Gasteiger partial charge is 0.0303 e. The van der Waals surface area contributed by atoms with Crippen molar-refractivity contribution < 1.29 is 0 Å². The number of pyridine rings is 1. The molecule has 0 bridgehead atoms. The van der Waals surface area contributed by atoms with Gasteiger partial charge in [-0.3, -0.25) is 4.98 Å². The summed E-state index contributed by atoms with van der Waals surface area (Å²) >= 11 is 0. The first-order chi connectivity index (χ1) is 8.27. The maximum Gasteiger partial charge on any atom is 0.0303 e. The lowest BCUT2D eigenvalue weighted by molar-refractivity contribution is 0.397. The molecule has 0 aliphatic heterocycles. The van der Waals surface area contributed by atoms with Crippen molar-refractivity contribution in [1.82, 2.24) is 10.3 Å². The number of hydrogen-bond acceptors (Lipinski definition) is 2. The average Bonchev–Trinajstić information content (AvgIpc) is 2.84. The molecule has 0 aromatic carbocycles. The molecule has 0 saturated heterocycles. The Bertz CT molecular complexity index is 315. The van der Waals surface area contributed by atoms with E-state index in [1.807, 2.05) is 12.4 Å². The third-order valence-corrected chi connectivity index (χ3v) is 3.83. The first kappa shape index (κ1) is 12.6. The Morgan fingerprint density at radius 1 is 1.35 bits per heavy atom. The minimum absolute atomic E-state index is 0.565. The van der Waals surface area contributed by atoms with Gasteiger partial charge in [-0.2, -0.15) is 0 Å². The number of nitrogens with zero attached hydrogens (tertiary/aromatic N) is 1. The number of nitrogens with one attached hydrogen (secondary N) is 1. The van der Waals surface area contributed by atoms with Crippen molar-refractivity contribution in [3.8, 4) is 0 Å². The van der Waals surface area contributed by atoms with Crippen molar-refractivity contribution >= 4 is 0 Å². The van der Waals surface area contributed by atoms with Gasteiger partial charge in [0.25, 0.3) is 0 Å². The molecule has 2 heteroatoms. The van der Waals surface area contributed by atoms with Gasteiger partial charge in [0.1, 0.15) is 0 Å². The lowest BCUT2D eigenvalue weighted by atomic mass is 9.85. The predicted molar refractivity (Wildman–Crippen MR) is 72.1 cm³/mol. The van der Waals surface area contributed by atoms with Crippen LogP contribution in [0.25, 0.3) is 0 Å². The van der Waals surface area contributed by atoms with Gasteiger partial charge in [-0.25, -0.2) is 0 Å². The van der Waals surface area contributed by atoms with Gasteiger partial charge < -0.3 is 5.32 Å². The van der Waals surface area contributed by atoms with E-state index in [2.05, 4.69) is 36.3 Å². The summed E-state index contributed by atoms with van der Waals surface area (Å²) in [7, 11) is 0.